The fourth-order valence-electron chi connectivity index (χ4n) is 1.59. The van der Waals surface area contributed by atoms with Crippen molar-refractivity contribution in [2.75, 3.05) is 7.05 Å². The maximum Gasteiger partial charge on any atom is 0.191 e. The van der Waals surface area contributed by atoms with E-state index < -0.39 is 0 Å². The number of rotatable bonds is 4. The Morgan fingerprint density at radius 1 is 1.47 bits per heavy atom. The van der Waals surface area contributed by atoms with Gasteiger partial charge in [-0.1, -0.05) is 0 Å². The Morgan fingerprint density at radius 3 is 2.84 bits per heavy atom. The summed E-state index contributed by atoms with van der Waals surface area (Å²) in [6, 6.07) is 4.09. The van der Waals surface area contributed by atoms with Gasteiger partial charge in [-0.05, 0) is 28.1 Å². The summed E-state index contributed by atoms with van der Waals surface area (Å²) in [5.74, 6) is 0.783. The van der Waals surface area contributed by atoms with Crippen LogP contribution in [0, 0.1) is 0 Å². The van der Waals surface area contributed by atoms with Crippen molar-refractivity contribution in [3.05, 3.63) is 38.8 Å². The second kappa shape index (κ2) is 6.72. The van der Waals surface area contributed by atoms with Crippen LogP contribution < -0.4 is 10.6 Å². The molecule has 0 aliphatic rings. The van der Waals surface area contributed by atoms with E-state index in [1.54, 1.807) is 24.6 Å². The third-order valence-electron chi connectivity index (χ3n) is 2.63. The number of nitrogens with zero attached hydrogens (tertiary/aromatic N) is 3. The first-order valence-electron chi connectivity index (χ1n) is 5.83. The Labute approximate surface area is 124 Å². The fourth-order valence-corrected chi connectivity index (χ4v) is 2.98. The number of nitrogens with one attached hydrogen (secondary N) is 2. The van der Waals surface area contributed by atoms with Crippen molar-refractivity contribution in [1.82, 2.24) is 20.4 Å². The topological polar surface area (TPSA) is 54.2 Å². The maximum absolute atomic E-state index is 4.20. The van der Waals surface area contributed by atoms with Gasteiger partial charge in [0.05, 0.1) is 18.8 Å². The molecule has 2 rings (SSSR count). The summed E-state index contributed by atoms with van der Waals surface area (Å²) in [7, 11) is 3.69. The molecule has 2 aromatic heterocycles. The summed E-state index contributed by atoms with van der Waals surface area (Å²) >= 11 is 5.16. The van der Waals surface area contributed by atoms with Crippen molar-refractivity contribution >= 4 is 33.2 Å². The molecule has 5 nitrogen and oxygen atoms in total. The molecule has 0 saturated heterocycles. The first-order valence-corrected chi connectivity index (χ1v) is 7.50. The molecule has 19 heavy (non-hydrogen) atoms. The van der Waals surface area contributed by atoms with Crippen molar-refractivity contribution in [3.63, 3.8) is 0 Å². The molecule has 7 heteroatoms. The number of guanidine groups is 1. The molecule has 0 saturated carbocycles. The van der Waals surface area contributed by atoms with E-state index >= 15 is 0 Å². The van der Waals surface area contributed by atoms with Crippen molar-refractivity contribution in [2.45, 2.75) is 13.1 Å². The molecular weight excluding hydrogens is 326 g/mol. The molecule has 0 aliphatic carbocycles. The third kappa shape index (κ3) is 4.07. The summed E-state index contributed by atoms with van der Waals surface area (Å²) in [6.07, 6.45) is 1.79. The van der Waals surface area contributed by atoms with Crippen LogP contribution in [0.4, 0.5) is 0 Å². The van der Waals surface area contributed by atoms with Crippen molar-refractivity contribution in [3.8, 4) is 0 Å². The van der Waals surface area contributed by atoms with E-state index in [2.05, 4.69) is 48.1 Å². The van der Waals surface area contributed by atoms with Crippen LogP contribution in [0.1, 0.15) is 10.6 Å². The molecule has 0 spiro atoms. The van der Waals surface area contributed by atoms with Crippen LogP contribution in [-0.2, 0) is 20.1 Å². The smallest absolute Gasteiger partial charge is 0.191 e. The Hall–Kier alpha value is -1.34. The van der Waals surface area contributed by atoms with Gasteiger partial charge in [0.2, 0.25) is 0 Å². The lowest BCUT2D eigenvalue weighted by molar-refractivity contribution is 0.685. The molecular formula is C12H16BrN5S. The Morgan fingerprint density at radius 2 is 2.26 bits per heavy atom. The third-order valence-corrected chi connectivity index (χ3v) is 4.33. The number of aromatic nitrogens is 2. The molecule has 2 heterocycles. The highest BCUT2D eigenvalue weighted by Crippen LogP contribution is 2.19. The molecule has 0 atom stereocenters. The van der Waals surface area contributed by atoms with Gasteiger partial charge in [-0.25, -0.2) is 0 Å². The van der Waals surface area contributed by atoms with Crippen LogP contribution >= 0.6 is 27.3 Å². The van der Waals surface area contributed by atoms with Gasteiger partial charge in [0.15, 0.2) is 5.96 Å². The highest BCUT2D eigenvalue weighted by molar-refractivity contribution is 9.10. The van der Waals surface area contributed by atoms with Gasteiger partial charge in [0.1, 0.15) is 0 Å². The summed E-state index contributed by atoms with van der Waals surface area (Å²) in [4.78, 5) is 5.46. The Kier molecular flexibility index (Phi) is 4.98. The van der Waals surface area contributed by atoms with Gasteiger partial charge >= 0.3 is 0 Å². The minimum absolute atomic E-state index is 0.699. The monoisotopic (exact) mass is 341 g/mol. The first kappa shape index (κ1) is 14.1. The van der Waals surface area contributed by atoms with Gasteiger partial charge in [-0.2, -0.15) is 5.10 Å². The highest BCUT2D eigenvalue weighted by Gasteiger charge is 2.02. The van der Waals surface area contributed by atoms with E-state index in [4.69, 9.17) is 0 Å². The predicted molar refractivity (Wildman–Crippen MR) is 82.3 cm³/mol. The van der Waals surface area contributed by atoms with Crippen LogP contribution in [0.25, 0.3) is 0 Å². The van der Waals surface area contributed by atoms with Crippen molar-refractivity contribution in [1.29, 1.82) is 0 Å². The minimum atomic E-state index is 0.699. The quantitative estimate of drug-likeness (QED) is 0.661. The van der Waals surface area contributed by atoms with Crippen molar-refractivity contribution in [2.24, 2.45) is 12.0 Å². The average molecular weight is 342 g/mol. The summed E-state index contributed by atoms with van der Waals surface area (Å²) in [5, 5.41) is 12.7. The van der Waals surface area contributed by atoms with E-state index in [9.17, 15) is 0 Å². The molecule has 0 aromatic carbocycles. The van der Waals surface area contributed by atoms with E-state index in [0.29, 0.717) is 6.54 Å². The second-order valence-electron chi connectivity index (χ2n) is 3.96. The normalized spacial score (nSPS) is 11.6. The van der Waals surface area contributed by atoms with Crippen LogP contribution in [0.3, 0.4) is 0 Å². The molecule has 2 aromatic rings. The van der Waals surface area contributed by atoms with Gasteiger partial charge in [0, 0.05) is 35.0 Å². The number of hydrogen-bond acceptors (Lipinski definition) is 3. The zero-order chi connectivity index (χ0) is 13.7. The number of thiophene rings is 1. The first-order chi connectivity index (χ1) is 9.19. The lowest BCUT2D eigenvalue weighted by Crippen LogP contribution is -2.36. The Bertz CT molecular complexity index is 560. The SMILES string of the molecule is CN=C(NCc1cc(Br)cs1)NCc1ccnn1C. The van der Waals surface area contributed by atoms with E-state index in [0.717, 1.165) is 22.7 Å². The highest BCUT2D eigenvalue weighted by atomic mass is 79.9. The van der Waals surface area contributed by atoms with E-state index in [-0.39, 0.29) is 0 Å². The molecule has 0 fully saturated rings. The van der Waals surface area contributed by atoms with Crippen LogP contribution in [0.2, 0.25) is 0 Å². The maximum atomic E-state index is 4.20. The summed E-state index contributed by atoms with van der Waals surface area (Å²) in [5.41, 5.74) is 1.11. The van der Waals surface area contributed by atoms with E-state index in [1.165, 1.54) is 4.88 Å². The predicted octanol–water partition coefficient (Wildman–Crippen LogP) is 2.11. The van der Waals surface area contributed by atoms with Gasteiger partial charge in [-0.15, -0.1) is 11.3 Å². The van der Waals surface area contributed by atoms with Crippen molar-refractivity contribution < 1.29 is 0 Å². The largest absolute Gasteiger partial charge is 0.352 e. The second-order valence-corrected chi connectivity index (χ2v) is 5.87. The lowest BCUT2D eigenvalue weighted by Gasteiger charge is -2.11. The van der Waals surface area contributed by atoms with Gasteiger partial charge in [0.25, 0.3) is 0 Å². The summed E-state index contributed by atoms with van der Waals surface area (Å²) < 4.78 is 2.96. The van der Waals surface area contributed by atoms with Crippen LogP contribution in [0.5, 0.6) is 0 Å². The molecule has 0 aliphatic heterocycles. The van der Waals surface area contributed by atoms with Gasteiger partial charge in [-0.3, -0.25) is 9.67 Å². The number of aliphatic imine (C=N–C) groups is 1. The zero-order valence-corrected chi connectivity index (χ0v) is 13.3. The summed E-state index contributed by atoms with van der Waals surface area (Å²) in [6.45, 7) is 1.46. The number of aryl methyl sites for hydroxylation is 1. The molecule has 102 valence electrons. The molecule has 0 bridgehead atoms. The fraction of sp³-hybridized carbons (Fsp3) is 0.333. The van der Waals surface area contributed by atoms with Gasteiger partial charge < -0.3 is 10.6 Å². The standard InChI is InChI=1S/C12H16BrN5S/c1-14-12(15-6-10-3-4-17-18(10)2)16-7-11-5-9(13)8-19-11/h3-5,8H,6-7H2,1-2H3,(H2,14,15,16). The van der Waals surface area contributed by atoms with E-state index in [1.807, 2.05) is 17.8 Å². The molecule has 0 amide bonds. The molecule has 2 N–H and O–H groups in total. The lowest BCUT2D eigenvalue weighted by atomic mass is 10.4. The average Bonchev–Trinajstić information content (AvgIpc) is 2.99. The zero-order valence-electron chi connectivity index (χ0n) is 10.9. The minimum Gasteiger partial charge on any atom is -0.352 e. The molecule has 0 unspecified atom stereocenters. The number of halogens is 1. The van der Waals surface area contributed by atoms with Crippen LogP contribution in [-0.4, -0.2) is 22.8 Å². The van der Waals surface area contributed by atoms with Crippen LogP contribution in [0.15, 0.2) is 33.2 Å². The number of hydrogen-bond donors (Lipinski definition) is 2. The Balaban J connectivity index is 1.82. The molecule has 0 radical (unpaired) electrons.